The number of hydrogen-bond donors (Lipinski definition) is 2. The molecule has 0 radical (unpaired) electrons. The number of carbonyl (C=O) groups is 1. The van der Waals surface area contributed by atoms with E-state index in [1.807, 2.05) is 29.6 Å². The van der Waals surface area contributed by atoms with Gasteiger partial charge >= 0.3 is 0 Å². The first-order chi connectivity index (χ1) is 10.6. The van der Waals surface area contributed by atoms with Gasteiger partial charge in [0.25, 0.3) is 11.5 Å². The molecule has 0 spiro atoms. The zero-order chi connectivity index (χ0) is 15.5. The molecule has 0 saturated heterocycles. The van der Waals surface area contributed by atoms with E-state index >= 15 is 0 Å². The Balaban J connectivity index is 1.76. The summed E-state index contributed by atoms with van der Waals surface area (Å²) >= 11 is 4.70. The number of amides is 1. The number of hydrogen-bond acceptors (Lipinski definition) is 5. The van der Waals surface area contributed by atoms with Crippen LogP contribution in [-0.2, 0) is 0 Å². The van der Waals surface area contributed by atoms with E-state index in [1.165, 1.54) is 23.5 Å². The van der Waals surface area contributed by atoms with Crippen molar-refractivity contribution < 1.29 is 4.79 Å². The highest BCUT2D eigenvalue weighted by Crippen LogP contribution is 2.26. The molecule has 0 bridgehead atoms. The maximum absolute atomic E-state index is 12.0. The predicted molar refractivity (Wildman–Crippen MR) is 88.1 cm³/mol. The van der Waals surface area contributed by atoms with E-state index in [2.05, 4.69) is 36.4 Å². The van der Waals surface area contributed by atoms with E-state index < -0.39 is 5.91 Å². The molecule has 3 rings (SSSR count). The Bertz CT molecular complexity index is 853. The highest BCUT2D eigenvalue weighted by molar-refractivity contribution is 9.10. The van der Waals surface area contributed by atoms with Crippen molar-refractivity contribution in [1.29, 1.82) is 0 Å². The van der Waals surface area contributed by atoms with Crippen LogP contribution in [0, 0.1) is 0 Å². The van der Waals surface area contributed by atoms with Crippen LogP contribution in [-0.4, -0.2) is 21.1 Å². The summed E-state index contributed by atoms with van der Waals surface area (Å²) in [6.45, 7) is 0. The summed E-state index contributed by atoms with van der Waals surface area (Å²) in [6.07, 6.45) is 0. The Labute approximate surface area is 137 Å². The standard InChI is InChI=1S/C14H9BrN4O2S/c15-9-3-1-8(2-4-9)11-7-22-14(16-11)17-13(21)10-5-6-12(20)19-18-10/h1-7H,(H,19,20)(H,16,17,21). The summed E-state index contributed by atoms with van der Waals surface area (Å²) in [5, 5.41) is 10.9. The number of thiazole rings is 1. The summed E-state index contributed by atoms with van der Waals surface area (Å²) in [7, 11) is 0. The number of benzene rings is 1. The molecule has 6 nitrogen and oxygen atoms in total. The zero-order valence-corrected chi connectivity index (χ0v) is 13.4. The van der Waals surface area contributed by atoms with Crippen LogP contribution in [0.15, 0.2) is 51.0 Å². The van der Waals surface area contributed by atoms with Gasteiger partial charge in [0.05, 0.1) is 5.69 Å². The monoisotopic (exact) mass is 376 g/mol. The van der Waals surface area contributed by atoms with Gasteiger partial charge in [-0.15, -0.1) is 11.3 Å². The molecule has 1 aromatic carbocycles. The maximum Gasteiger partial charge on any atom is 0.277 e. The highest BCUT2D eigenvalue weighted by atomic mass is 79.9. The number of carbonyl (C=O) groups excluding carboxylic acids is 1. The van der Waals surface area contributed by atoms with Crippen LogP contribution in [0.2, 0.25) is 0 Å². The van der Waals surface area contributed by atoms with Gasteiger partial charge in [-0.05, 0) is 18.2 Å². The number of rotatable bonds is 3. The van der Waals surface area contributed by atoms with Crippen molar-refractivity contribution >= 4 is 38.3 Å². The number of H-pyrrole nitrogens is 1. The third-order valence-electron chi connectivity index (χ3n) is 2.78. The number of anilines is 1. The van der Waals surface area contributed by atoms with Crippen molar-refractivity contribution in [3.63, 3.8) is 0 Å². The molecule has 0 unspecified atom stereocenters. The van der Waals surface area contributed by atoms with E-state index in [1.54, 1.807) is 0 Å². The van der Waals surface area contributed by atoms with Crippen LogP contribution in [0.3, 0.4) is 0 Å². The normalized spacial score (nSPS) is 10.4. The SMILES string of the molecule is O=C(Nc1nc(-c2ccc(Br)cc2)cs1)c1ccc(=O)[nH]n1. The van der Waals surface area contributed by atoms with Gasteiger partial charge in [-0.2, -0.15) is 5.10 Å². The molecule has 0 aliphatic heterocycles. The van der Waals surface area contributed by atoms with Gasteiger partial charge in [0.1, 0.15) is 5.69 Å². The molecule has 1 amide bonds. The van der Waals surface area contributed by atoms with Gasteiger partial charge in [0.2, 0.25) is 0 Å². The average Bonchev–Trinajstić information content (AvgIpc) is 2.97. The van der Waals surface area contributed by atoms with Crippen LogP contribution >= 0.6 is 27.3 Å². The Morgan fingerprint density at radius 1 is 1.18 bits per heavy atom. The molecular weight excluding hydrogens is 368 g/mol. The smallest absolute Gasteiger partial charge is 0.277 e. The highest BCUT2D eigenvalue weighted by Gasteiger charge is 2.11. The van der Waals surface area contributed by atoms with E-state index in [-0.39, 0.29) is 11.3 Å². The minimum atomic E-state index is -0.423. The van der Waals surface area contributed by atoms with Crippen molar-refractivity contribution in [1.82, 2.24) is 15.2 Å². The predicted octanol–water partition coefficient (Wildman–Crippen LogP) is 2.91. The zero-order valence-electron chi connectivity index (χ0n) is 11.0. The first-order valence-corrected chi connectivity index (χ1v) is 7.87. The molecule has 2 N–H and O–H groups in total. The van der Waals surface area contributed by atoms with Crippen LogP contribution < -0.4 is 10.9 Å². The first-order valence-electron chi connectivity index (χ1n) is 6.20. The lowest BCUT2D eigenvalue weighted by Gasteiger charge is -2.00. The molecule has 0 atom stereocenters. The molecule has 8 heteroatoms. The van der Waals surface area contributed by atoms with Gasteiger partial charge in [0.15, 0.2) is 5.13 Å². The van der Waals surface area contributed by atoms with Gasteiger partial charge < -0.3 is 0 Å². The summed E-state index contributed by atoms with van der Waals surface area (Å²) < 4.78 is 0.990. The molecule has 110 valence electrons. The number of aromatic nitrogens is 3. The fourth-order valence-electron chi connectivity index (χ4n) is 1.72. The van der Waals surface area contributed by atoms with Gasteiger partial charge in [-0.1, -0.05) is 28.1 Å². The third kappa shape index (κ3) is 3.29. The van der Waals surface area contributed by atoms with Gasteiger partial charge in [-0.3, -0.25) is 14.9 Å². The van der Waals surface area contributed by atoms with Crippen molar-refractivity contribution in [3.8, 4) is 11.3 Å². The maximum atomic E-state index is 12.0. The molecule has 2 heterocycles. The number of nitrogens with one attached hydrogen (secondary N) is 2. The van der Waals surface area contributed by atoms with Crippen molar-refractivity contribution in [2.75, 3.05) is 5.32 Å². The molecule has 0 aliphatic carbocycles. The van der Waals surface area contributed by atoms with Crippen LogP contribution in [0.25, 0.3) is 11.3 Å². The third-order valence-corrected chi connectivity index (χ3v) is 4.06. The molecule has 0 saturated carbocycles. The Morgan fingerprint density at radius 3 is 2.64 bits per heavy atom. The van der Waals surface area contributed by atoms with Gasteiger partial charge in [-0.25, -0.2) is 10.1 Å². The first kappa shape index (κ1) is 14.6. The molecule has 3 aromatic rings. The second-order valence-electron chi connectivity index (χ2n) is 4.31. The summed E-state index contributed by atoms with van der Waals surface area (Å²) in [6, 6.07) is 10.3. The number of aromatic amines is 1. The summed E-state index contributed by atoms with van der Waals surface area (Å²) in [4.78, 5) is 27.3. The second-order valence-corrected chi connectivity index (χ2v) is 6.08. The average molecular weight is 377 g/mol. The van der Waals surface area contributed by atoms with Crippen molar-refractivity contribution in [3.05, 3.63) is 62.3 Å². The van der Waals surface area contributed by atoms with Gasteiger partial charge in [0, 0.05) is 21.5 Å². The quantitative estimate of drug-likeness (QED) is 0.735. The topological polar surface area (TPSA) is 87.7 Å². The fraction of sp³-hybridized carbons (Fsp3) is 0. The largest absolute Gasteiger partial charge is 0.296 e. The molecule has 0 fully saturated rings. The second kappa shape index (κ2) is 6.20. The molecule has 2 aromatic heterocycles. The molecule has 22 heavy (non-hydrogen) atoms. The Kier molecular flexibility index (Phi) is 4.12. The van der Waals surface area contributed by atoms with E-state index in [0.717, 1.165) is 15.7 Å². The molecule has 0 aliphatic rings. The van der Waals surface area contributed by atoms with E-state index in [4.69, 9.17) is 0 Å². The Hall–Kier alpha value is -2.32. The molecular formula is C14H9BrN4O2S. The number of halogens is 1. The lowest BCUT2D eigenvalue weighted by atomic mass is 10.2. The van der Waals surface area contributed by atoms with Crippen molar-refractivity contribution in [2.24, 2.45) is 0 Å². The van der Waals surface area contributed by atoms with Crippen LogP contribution in [0.4, 0.5) is 5.13 Å². The van der Waals surface area contributed by atoms with Crippen molar-refractivity contribution in [2.45, 2.75) is 0 Å². The van der Waals surface area contributed by atoms with Crippen LogP contribution in [0.1, 0.15) is 10.5 Å². The summed E-state index contributed by atoms with van der Waals surface area (Å²) in [5.41, 5.74) is 1.51. The van der Waals surface area contributed by atoms with E-state index in [9.17, 15) is 9.59 Å². The minimum Gasteiger partial charge on any atom is -0.296 e. The summed E-state index contributed by atoms with van der Waals surface area (Å²) in [5.74, 6) is -0.423. The Morgan fingerprint density at radius 2 is 1.95 bits per heavy atom. The van der Waals surface area contributed by atoms with E-state index in [0.29, 0.717) is 5.13 Å². The minimum absolute atomic E-state index is 0.125. The number of nitrogens with zero attached hydrogens (tertiary/aromatic N) is 2. The lowest BCUT2D eigenvalue weighted by molar-refractivity contribution is 0.102. The van der Waals surface area contributed by atoms with Crippen LogP contribution in [0.5, 0.6) is 0 Å². The fourth-order valence-corrected chi connectivity index (χ4v) is 2.70. The lowest BCUT2D eigenvalue weighted by Crippen LogP contribution is -2.17.